The minimum atomic E-state index is -0.581. The number of hydrogen-bond donors (Lipinski definition) is 3. The number of pyridine rings is 1. The smallest absolute Gasteiger partial charge is 0.274 e. The molecule has 0 spiro atoms. The Bertz CT molecular complexity index is 1610. The van der Waals surface area contributed by atoms with Gasteiger partial charge in [0, 0.05) is 36.7 Å². The number of nitrogens with one attached hydrogen (secondary N) is 1. The van der Waals surface area contributed by atoms with Crippen LogP contribution in [0.3, 0.4) is 0 Å². The zero-order valence-electron chi connectivity index (χ0n) is 21.6. The highest BCUT2D eigenvalue weighted by Gasteiger charge is 2.31. The van der Waals surface area contributed by atoms with Gasteiger partial charge in [-0.2, -0.15) is 5.26 Å². The predicted molar refractivity (Wildman–Crippen MR) is 147 cm³/mol. The Hall–Kier alpha value is -4.92. The molecule has 4 N–H and O–H groups in total. The molecule has 1 saturated heterocycles. The Morgan fingerprint density at radius 1 is 1.27 bits per heavy atom. The lowest BCUT2D eigenvalue weighted by Gasteiger charge is -2.28. The van der Waals surface area contributed by atoms with E-state index < -0.39 is 11.7 Å². The molecule has 0 bridgehead atoms. The zero-order valence-corrected chi connectivity index (χ0v) is 21.6. The Balaban J connectivity index is 1.53. The SMILES string of the molecule is COc1cccc(F)c1-c1nccc(C(=O)Nc2ccc(-c3ccncc3C#N)cc2N2C[C@@H](N)C[C@H]2CO)n1. The van der Waals surface area contributed by atoms with Crippen molar-refractivity contribution in [1.29, 1.82) is 5.26 Å². The number of nitrogens with two attached hydrogens (primary N) is 1. The maximum atomic E-state index is 14.6. The van der Waals surface area contributed by atoms with Crippen molar-refractivity contribution in [2.24, 2.45) is 5.73 Å². The van der Waals surface area contributed by atoms with Crippen LogP contribution in [0, 0.1) is 17.1 Å². The molecule has 1 fully saturated rings. The van der Waals surface area contributed by atoms with Crippen molar-refractivity contribution in [2.75, 3.05) is 30.5 Å². The lowest BCUT2D eigenvalue weighted by Crippen LogP contribution is -2.33. The van der Waals surface area contributed by atoms with E-state index in [1.165, 1.54) is 37.7 Å². The van der Waals surface area contributed by atoms with Gasteiger partial charge in [-0.15, -0.1) is 0 Å². The summed E-state index contributed by atoms with van der Waals surface area (Å²) in [7, 11) is 1.41. The second-order valence-electron chi connectivity index (χ2n) is 9.29. The number of ether oxygens (including phenoxy) is 1. The minimum Gasteiger partial charge on any atom is -0.496 e. The first-order valence-corrected chi connectivity index (χ1v) is 12.5. The number of rotatable bonds is 7. The quantitative estimate of drug-likeness (QED) is 0.321. The third-order valence-electron chi connectivity index (χ3n) is 6.77. The number of aliphatic hydroxyl groups is 1. The Morgan fingerprint density at radius 3 is 2.90 bits per heavy atom. The monoisotopic (exact) mass is 539 g/mol. The summed E-state index contributed by atoms with van der Waals surface area (Å²) in [5.41, 5.74) is 9.19. The number of amides is 1. The van der Waals surface area contributed by atoms with Gasteiger partial charge in [0.05, 0.1) is 42.3 Å². The molecule has 0 unspecified atom stereocenters. The maximum absolute atomic E-state index is 14.6. The maximum Gasteiger partial charge on any atom is 0.274 e. The topological polar surface area (TPSA) is 150 Å². The van der Waals surface area contributed by atoms with Crippen molar-refractivity contribution >= 4 is 17.3 Å². The summed E-state index contributed by atoms with van der Waals surface area (Å²) in [5, 5.41) is 22.5. The van der Waals surface area contributed by atoms with Gasteiger partial charge < -0.3 is 25.8 Å². The van der Waals surface area contributed by atoms with E-state index in [0.717, 1.165) is 5.56 Å². The minimum absolute atomic E-state index is 0.00533. The fraction of sp³-hybridized carbons (Fsp3) is 0.207. The number of aromatic nitrogens is 3. The second kappa shape index (κ2) is 11.4. The summed E-state index contributed by atoms with van der Waals surface area (Å²) in [6, 6.07) is 14.6. The number of anilines is 2. The van der Waals surface area contributed by atoms with Crippen LogP contribution in [0.5, 0.6) is 5.75 Å². The summed E-state index contributed by atoms with van der Waals surface area (Å²) in [5.74, 6) is -0.879. The summed E-state index contributed by atoms with van der Waals surface area (Å²) in [4.78, 5) is 27.8. The number of benzene rings is 2. The first-order valence-electron chi connectivity index (χ1n) is 12.5. The molecule has 40 heavy (non-hydrogen) atoms. The molecule has 1 amide bonds. The van der Waals surface area contributed by atoms with Crippen molar-refractivity contribution in [3.63, 3.8) is 0 Å². The van der Waals surface area contributed by atoms with Crippen molar-refractivity contribution in [2.45, 2.75) is 18.5 Å². The summed E-state index contributed by atoms with van der Waals surface area (Å²) >= 11 is 0. The number of hydrogen-bond acceptors (Lipinski definition) is 9. The molecule has 0 aliphatic carbocycles. The van der Waals surface area contributed by atoms with E-state index in [1.54, 1.807) is 30.5 Å². The van der Waals surface area contributed by atoms with E-state index in [4.69, 9.17) is 10.5 Å². The number of methoxy groups -OCH3 is 1. The number of nitrogens with zero attached hydrogens (tertiary/aromatic N) is 5. The third-order valence-corrected chi connectivity index (χ3v) is 6.77. The molecule has 10 nitrogen and oxygen atoms in total. The van der Waals surface area contributed by atoms with Gasteiger partial charge in [-0.3, -0.25) is 9.78 Å². The fourth-order valence-electron chi connectivity index (χ4n) is 4.88. The molecule has 1 aliphatic rings. The van der Waals surface area contributed by atoms with Crippen LogP contribution in [-0.4, -0.2) is 58.3 Å². The van der Waals surface area contributed by atoms with E-state index in [9.17, 15) is 19.6 Å². The molecule has 0 radical (unpaired) electrons. The Labute approximate surface area is 229 Å². The molecule has 2 atom stereocenters. The number of carbonyl (C=O) groups is 1. The van der Waals surface area contributed by atoms with Crippen molar-refractivity contribution < 1.29 is 19.0 Å². The van der Waals surface area contributed by atoms with Gasteiger partial charge in [-0.1, -0.05) is 12.1 Å². The van der Waals surface area contributed by atoms with E-state index in [-0.39, 0.29) is 41.5 Å². The van der Waals surface area contributed by atoms with E-state index in [0.29, 0.717) is 35.5 Å². The molecule has 5 rings (SSSR count). The van der Waals surface area contributed by atoms with Crippen LogP contribution in [0.15, 0.2) is 67.1 Å². The summed E-state index contributed by atoms with van der Waals surface area (Å²) < 4.78 is 19.9. The van der Waals surface area contributed by atoms with E-state index in [1.807, 2.05) is 11.0 Å². The van der Waals surface area contributed by atoms with Gasteiger partial charge in [0.2, 0.25) is 0 Å². The molecule has 11 heteroatoms. The average molecular weight is 540 g/mol. The summed E-state index contributed by atoms with van der Waals surface area (Å²) in [6.07, 6.45) is 5.04. The number of halogens is 1. The number of aliphatic hydroxyl groups excluding tert-OH is 1. The van der Waals surface area contributed by atoms with Crippen LogP contribution in [0.1, 0.15) is 22.5 Å². The zero-order chi connectivity index (χ0) is 28.2. The molecule has 202 valence electrons. The van der Waals surface area contributed by atoms with E-state index >= 15 is 0 Å². The highest BCUT2D eigenvalue weighted by Crippen LogP contribution is 2.37. The molecule has 2 aromatic carbocycles. The first kappa shape index (κ1) is 26.7. The molecule has 3 heterocycles. The number of carbonyl (C=O) groups excluding carboxylic acids is 1. The highest BCUT2D eigenvalue weighted by molar-refractivity contribution is 6.05. The van der Waals surface area contributed by atoms with Gasteiger partial charge in [0.15, 0.2) is 5.82 Å². The molecule has 0 saturated carbocycles. The van der Waals surface area contributed by atoms with E-state index in [2.05, 4.69) is 26.3 Å². The molecule has 2 aromatic heterocycles. The van der Waals surface area contributed by atoms with Crippen LogP contribution < -0.4 is 20.7 Å². The Kier molecular flexibility index (Phi) is 7.63. The lowest BCUT2D eigenvalue weighted by atomic mass is 10.0. The van der Waals surface area contributed by atoms with Crippen LogP contribution in [0.4, 0.5) is 15.8 Å². The highest BCUT2D eigenvalue weighted by atomic mass is 19.1. The lowest BCUT2D eigenvalue weighted by molar-refractivity contribution is 0.102. The largest absolute Gasteiger partial charge is 0.496 e. The standard InChI is InChI=1S/C29H26FN7O3/c1-40-26-4-2-3-22(30)27(26)28-34-10-8-24(35-28)29(39)36-23-6-5-17(21-7-9-33-14-18(21)13-31)11-25(23)37-15-19(32)12-20(37)16-38/h2-11,14,19-20,38H,12,15-16,32H2,1H3,(H,36,39)/t19-,20-/m0/s1. The summed E-state index contributed by atoms with van der Waals surface area (Å²) in [6.45, 7) is 0.341. The van der Waals surface area contributed by atoms with Crippen molar-refractivity contribution in [1.82, 2.24) is 15.0 Å². The van der Waals surface area contributed by atoms with Crippen LogP contribution in [-0.2, 0) is 0 Å². The first-order chi connectivity index (χ1) is 19.4. The normalized spacial score (nSPS) is 16.4. The number of nitriles is 1. The van der Waals surface area contributed by atoms with Gasteiger partial charge in [-0.25, -0.2) is 14.4 Å². The third kappa shape index (κ3) is 5.18. The van der Waals surface area contributed by atoms with Gasteiger partial charge in [-0.05, 0) is 48.4 Å². The van der Waals surface area contributed by atoms with Crippen molar-refractivity contribution in [3.8, 4) is 34.3 Å². The molecular formula is C29H26FN7O3. The average Bonchev–Trinajstić information content (AvgIpc) is 3.37. The van der Waals surface area contributed by atoms with Crippen molar-refractivity contribution in [3.05, 3.63) is 84.2 Å². The Morgan fingerprint density at radius 2 is 2.12 bits per heavy atom. The van der Waals surface area contributed by atoms with Gasteiger partial charge in [0.1, 0.15) is 23.3 Å². The predicted octanol–water partition coefficient (Wildman–Crippen LogP) is 3.38. The van der Waals surface area contributed by atoms with Gasteiger partial charge >= 0.3 is 0 Å². The molecular weight excluding hydrogens is 513 g/mol. The van der Waals surface area contributed by atoms with Crippen LogP contribution in [0.2, 0.25) is 0 Å². The fourth-order valence-corrected chi connectivity index (χ4v) is 4.88. The molecule has 1 aliphatic heterocycles. The second-order valence-corrected chi connectivity index (χ2v) is 9.29. The van der Waals surface area contributed by atoms with Crippen LogP contribution >= 0.6 is 0 Å². The van der Waals surface area contributed by atoms with Gasteiger partial charge in [0.25, 0.3) is 5.91 Å². The van der Waals surface area contributed by atoms with Crippen LogP contribution in [0.25, 0.3) is 22.5 Å². The molecule has 4 aromatic rings.